The maximum absolute atomic E-state index is 2.39. The lowest BCUT2D eigenvalue weighted by atomic mass is 10.1. The SMILES string of the molecule is CCCCCCCC[NH+](CCCCCCCC)C(C)C.[Cl-]. The van der Waals surface area contributed by atoms with Crippen LogP contribution in [0.2, 0.25) is 0 Å². The summed E-state index contributed by atoms with van der Waals surface area (Å²) >= 11 is 0. The zero-order valence-electron chi connectivity index (χ0n) is 15.4. The number of unbranched alkanes of at least 4 members (excludes halogenated alkanes) is 10. The Morgan fingerprint density at radius 3 is 1.24 bits per heavy atom. The van der Waals surface area contributed by atoms with Gasteiger partial charge in [0.1, 0.15) is 0 Å². The minimum atomic E-state index is 0. The molecule has 1 N–H and O–H groups in total. The second kappa shape index (κ2) is 18.3. The largest absolute Gasteiger partial charge is 1.00 e. The van der Waals surface area contributed by atoms with Gasteiger partial charge >= 0.3 is 0 Å². The van der Waals surface area contributed by atoms with E-state index in [-0.39, 0.29) is 12.4 Å². The summed E-state index contributed by atoms with van der Waals surface area (Å²) in [7, 11) is 0. The predicted octanol–water partition coefficient (Wildman–Crippen LogP) is 2.00. The third-order valence-corrected chi connectivity index (χ3v) is 4.52. The third kappa shape index (κ3) is 16.4. The first kappa shape index (κ1) is 23.5. The van der Waals surface area contributed by atoms with Crippen molar-refractivity contribution in [2.75, 3.05) is 13.1 Å². The lowest BCUT2D eigenvalue weighted by Crippen LogP contribution is -3.15. The maximum atomic E-state index is 2.39. The molecule has 0 saturated heterocycles. The number of hydrogen-bond acceptors (Lipinski definition) is 0. The summed E-state index contributed by atoms with van der Waals surface area (Å²) in [5.41, 5.74) is 0. The Morgan fingerprint density at radius 2 is 0.905 bits per heavy atom. The van der Waals surface area contributed by atoms with E-state index in [0.29, 0.717) is 0 Å². The molecule has 0 aliphatic rings. The van der Waals surface area contributed by atoms with Crippen molar-refractivity contribution in [3.05, 3.63) is 0 Å². The molecule has 0 saturated carbocycles. The average Bonchev–Trinajstić information content (AvgIpc) is 2.43. The lowest BCUT2D eigenvalue weighted by Gasteiger charge is -2.23. The molecule has 0 atom stereocenters. The summed E-state index contributed by atoms with van der Waals surface area (Å²) in [5.74, 6) is 0. The number of halogens is 1. The lowest BCUT2D eigenvalue weighted by molar-refractivity contribution is -0.922. The second-order valence-corrected chi connectivity index (χ2v) is 6.85. The van der Waals surface area contributed by atoms with E-state index in [9.17, 15) is 0 Å². The van der Waals surface area contributed by atoms with Crippen molar-refractivity contribution >= 4 is 0 Å². The monoisotopic (exact) mass is 319 g/mol. The van der Waals surface area contributed by atoms with Gasteiger partial charge in [0, 0.05) is 0 Å². The Labute approximate surface area is 141 Å². The summed E-state index contributed by atoms with van der Waals surface area (Å²) in [6.07, 6.45) is 17.2. The van der Waals surface area contributed by atoms with Gasteiger partial charge in [-0.05, 0) is 39.5 Å². The van der Waals surface area contributed by atoms with Gasteiger partial charge < -0.3 is 17.3 Å². The van der Waals surface area contributed by atoms with E-state index < -0.39 is 0 Å². The smallest absolute Gasteiger partial charge is 0.0817 e. The Hall–Kier alpha value is 0.250. The van der Waals surface area contributed by atoms with Gasteiger partial charge in [-0.2, -0.15) is 0 Å². The molecule has 0 amide bonds. The highest BCUT2D eigenvalue weighted by atomic mass is 35.5. The van der Waals surface area contributed by atoms with Crippen molar-refractivity contribution in [1.29, 1.82) is 0 Å². The van der Waals surface area contributed by atoms with Gasteiger partial charge in [-0.3, -0.25) is 0 Å². The number of rotatable bonds is 15. The maximum Gasteiger partial charge on any atom is 0.0817 e. The van der Waals surface area contributed by atoms with Crippen LogP contribution in [-0.2, 0) is 0 Å². The highest BCUT2D eigenvalue weighted by Crippen LogP contribution is 2.05. The van der Waals surface area contributed by atoms with Crippen LogP contribution in [0.5, 0.6) is 0 Å². The first-order valence-electron chi connectivity index (χ1n) is 9.56. The zero-order chi connectivity index (χ0) is 15.1. The van der Waals surface area contributed by atoms with Gasteiger partial charge in [0.15, 0.2) is 0 Å². The van der Waals surface area contributed by atoms with Crippen LogP contribution in [0.3, 0.4) is 0 Å². The highest BCUT2D eigenvalue weighted by Gasteiger charge is 2.11. The summed E-state index contributed by atoms with van der Waals surface area (Å²) < 4.78 is 0. The zero-order valence-corrected chi connectivity index (χ0v) is 16.1. The molecule has 0 bridgehead atoms. The van der Waals surface area contributed by atoms with E-state index in [2.05, 4.69) is 27.7 Å². The first-order chi connectivity index (χ1) is 9.72. The minimum Gasteiger partial charge on any atom is -1.00 e. The molecule has 21 heavy (non-hydrogen) atoms. The van der Waals surface area contributed by atoms with Gasteiger partial charge in [0.25, 0.3) is 0 Å². The number of hydrogen-bond donors (Lipinski definition) is 1. The van der Waals surface area contributed by atoms with Crippen LogP contribution >= 0.6 is 0 Å². The summed E-state index contributed by atoms with van der Waals surface area (Å²) in [6, 6.07) is 0.807. The van der Waals surface area contributed by atoms with Crippen LogP contribution in [0.4, 0.5) is 0 Å². The Bertz CT molecular complexity index is 166. The van der Waals surface area contributed by atoms with Gasteiger partial charge in [0.05, 0.1) is 19.1 Å². The fourth-order valence-corrected chi connectivity index (χ4v) is 2.97. The average molecular weight is 320 g/mol. The molecule has 0 aliphatic carbocycles. The van der Waals surface area contributed by atoms with Crippen molar-refractivity contribution in [3.63, 3.8) is 0 Å². The van der Waals surface area contributed by atoms with E-state index in [1.807, 2.05) is 4.90 Å². The van der Waals surface area contributed by atoms with Crippen LogP contribution in [0.15, 0.2) is 0 Å². The molecule has 0 fully saturated rings. The Morgan fingerprint density at radius 1 is 0.571 bits per heavy atom. The molecular weight excluding hydrogens is 278 g/mol. The Kier molecular flexibility index (Phi) is 20.5. The molecule has 0 aliphatic heterocycles. The highest BCUT2D eigenvalue weighted by molar-refractivity contribution is 4.47. The van der Waals surface area contributed by atoms with Crippen molar-refractivity contribution < 1.29 is 17.3 Å². The van der Waals surface area contributed by atoms with Gasteiger partial charge in [0.2, 0.25) is 0 Å². The quantitative estimate of drug-likeness (QED) is 0.440. The Balaban J connectivity index is 0. The van der Waals surface area contributed by atoms with E-state index >= 15 is 0 Å². The normalized spacial score (nSPS) is 11.1. The predicted molar refractivity (Wildman–Crippen MR) is 92.6 cm³/mol. The van der Waals surface area contributed by atoms with Gasteiger partial charge in [-0.25, -0.2) is 0 Å². The van der Waals surface area contributed by atoms with Crippen molar-refractivity contribution in [3.8, 4) is 0 Å². The van der Waals surface area contributed by atoms with Crippen LogP contribution in [0.25, 0.3) is 0 Å². The van der Waals surface area contributed by atoms with Crippen LogP contribution in [0.1, 0.15) is 105 Å². The van der Waals surface area contributed by atoms with E-state index in [1.165, 1.54) is 90.1 Å². The molecule has 0 aromatic carbocycles. The first-order valence-corrected chi connectivity index (χ1v) is 9.56. The van der Waals surface area contributed by atoms with E-state index in [4.69, 9.17) is 0 Å². The molecule has 0 aromatic rings. The van der Waals surface area contributed by atoms with Gasteiger partial charge in [-0.1, -0.05) is 65.2 Å². The second-order valence-electron chi connectivity index (χ2n) is 6.85. The van der Waals surface area contributed by atoms with Crippen molar-refractivity contribution in [1.82, 2.24) is 0 Å². The topological polar surface area (TPSA) is 4.44 Å². The summed E-state index contributed by atoms with van der Waals surface area (Å²) in [6.45, 7) is 12.2. The summed E-state index contributed by atoms with van der Waals surface area (Å²) in [4.78, 5) is 1.84. The molecule has 130 valence electrons. The van der Waals surface area contributed by atoms with E-state index in [1.54, 1.807) is 0 Å². The molecular formula is C19H42ClN. The van der Waals surface area contributed by atoms with Gasteiger partial charge in [-0.15, -0.1) is 0 Å². The van der Waals surface area contributed by atoms with Crippen molar-refractivity contribution in [2.45, 2.75) is 111 Å². The standard InChI is InChI=1S/C19H41N.ClH/c1-5-7-9-11-13-15-17-20(19(3)4)18-16-14-12-10-8-6-2;/h19H,5-18H2,1-4H3;1H. The van der Waals surface area contributed by atoms with Crippen LogP contribution in [-0.4, -0.2) is 19.1 Å². The fourth-order valence-electron chi connectivity index (χ4n) is 2.97. The molecule has 2 heteroatoms. The molecule has 0 unspecified atom stereocenters. The number of nitrogens with one attached hydrogen (secondary N) is 1. The molecule has 0 radical (unpaired) electrons. The number of quaternary nitrogens is 1. The van der Waals surface area contributed by atoms with Crippen molar-refractivity contribution in [2.24, 2.45) is 0 Å². The summed E-state index contributed by atoms with van der Waals surface area (Å²) in [5, 5.41) is 0. The van der Waals surface area contributed by atoms with Crippen LogP contribution in [0, 0.1) is 0 Å². The third-order valence-electron chi connectivity index (χ3n) is 4.52. The molecule has 0 rings (SSSR count). The fraction of sp³-hybridized carbons (Fsp3) is 1.00. The molecule has 0 spiro atoms. The molecule has 0 aromatic heterocycles. The molecule has 0 heterocycles. The van der Waals surface area contributed by atoms with Crippen LogP contribution < -0.4 is 17.3 Å². The van der Waals surface area contributed by atoms with E-state index in [0.717, 1.165) is 6.04 Å². The minimum absolute atomic E-state index is 0. The molecule has 1 nitrogen and oxygen atoms in total.